The van der Waals surface area contributed by atoms with Crippen LogP contribution in [0.1, 0.15) is 33.1 Å². The Kier molecular flexibility index (Phi) is 6.79. The van der Waals surface area contributed by atoms with Crippen LogP contribution in [-0.2, 0) is 19.1 Å². The van der Waals surface area contributed by atoms with Gasteiger partial charge in [0.15, 0.2) is 0 Å². The third-order valence-electron chi connectivity index (χ3n) is 4.28. The molecule has 126 valence electrons. The van der Waals surface area contributed by atoms with E-state index in [0.717, 1.165) is 26.1 Å². The van der Waals surface area contributed by atoms with Crippen LogP contribution in [0.5, 0.6) is 0 Å². The van der Waals surface area contributed by atoms with Crippen molar-refractivity contribution in [3.8, 4) is 0 Å². The van der Waals surface area contributed by atoms with E-state index < -0.39 is 0 Å². The number of carbonyl (C=O) groups is 2. The molecule has 2 fully saturated rings. The van der Waals surface area contributed by atoms with Crippen molar-refractivity contribution in [2.24, 2.45) is 5.92 Å². The van der Waals surface area contributed by atoms with Gasteiger partial charge in [-0.2, -0.15) is 0 Å². The Hall–Kier alpha value is -0.980. The molecule has 0 aliphatic carbocycles. The van der Waals surface area contributed by atoms with Crippen molar-refractivity contribution in [1.82, 2.24) is 10.2 Å². The quantitative estimate of drug-likeness (QED) is 0.631. The zero-order valence-electron chi connectivity index (χ0n) is 13.7. The first-order valence-electron chi connectivity index (χ1n) is 8.41. The van der Waals surface area contributed by atoms with Crippen molar-refractivity contribution in [2.75, 3.05) is 39.5 Å². The van der Waals surface area contributed by atoms with Crippen LogP contribution >= 0.6 is 0 Å². The minimum atomic E-state index is -0.372. The number of amides is 1. The summed E-state index contributed by atoms with van der Waals surface area (Å²) in [5.41, 5.74) is 0. The third-order valence-corrected chi connectivity index (χ3v) is 4.28. The van der Waals surface area contributed by atoms with Crippen molar-refractivity contribution >= 4 is 11.7 Å². The van der Waals surface area contributed by atoms with E-state index in [1.807, 2.05) is 13.8 Å². The van der Waals surface area contributed by atoms with E-state index in [0.29, 0.717) is 38.6 Å². The lowest BCUT2D eigenvalue weighted by Gasteiger charge is -2.39. The zero-order valence-corrected chi connectivity index (χ0v) is 13.7. The molecule has 0 radical (unpaired) electrons. The molecular weight excluding hydrogens is 284 g/mol. The number of Topliss-reactive ketones (excluding diaryl/α,β-unsaturated/α-hetero) is 1. The molecule has 2 heterocycles. The summed E-state index contributed by atoms with van der Waals surface area (Å²) < 4.78 is 11.1. The molecular formula is C16H28N2O4. The molecule has 22 heavy (non-hydrogen) atoms. The van der Waals surface area contributed by atoms with Crippen LogP contribution in [0.2, 0.25) is 0 Å². The van der Waals surface area contributed by atoms with Crippen LogP contribution in [0.4, 0.5) is 0 Å². The molecule has 0 bridgehead atoms. The number of carbonyl (C=O) groups excluding carboxylic acids is 2. The van der Waals surface area contributed by atoms with E-state index in [1.54, 1.807) is 4.90 Å². The first kappa shape index (κ1) is 17.4. The number of ketones is 1. The second-order valence-corrected chi connectivity index (χ2v) is 6.16. The molecule has 1 amide bonds. The highest BCUT2D eigenvalue weighted by Crippen LogP contribution is 2.18. The highest BCUT2D eigenvalue weighted by Gasteiger charge is 2.37. The number of likely N-dealkylation sites (N-methyl/N-ethyl adjacent to an activating group) is 1. The van der Waals surface area contributed by atoms with Gasteiger partial charge in [-0.05, 0) is 19.4 Å². The minimum absolute atomic E-state index is 0.0705. The van der Waals surface area contributed by atoms with Gasteiger partial charge < -0.3 is 19.7 Å². The van der Waals surface area contributed by atoms with Gasteiger partial charge in [-0.1, -0.05) is 20.3 Å². The summed E-state index contributed by atoms with van der Waals surface area (Å²) in [6, 6.07) is -0.349. The molecule has 6 nitrogen and oxygen atoms in total. The normalized spacial score (nSPS) is 23.4. The summed E-state index contributed by atoms with van der Waals surface area (Å²) in [6.07, 6.45) is 2.70. The molecule has 0 saturated carbocycles. The second kappa shape index (κ2) is 8.60. The number of likely N-dealkylation sites (tertiary alicyclic amines) is 1. The monoisotopic (exact) mass is 312 g/mol. The number of nitrogens with zero attached hydrogens (tertiary/aromatic N) is 1. The molecule has 2 unspecified atom stereocenters. The van der Waals surface area contributed by atoms with E-state index >= 15 is 0 Å². The van der Waals surface area contributed by atoms with Crippen molar-refractivity contribution in [3.05, 3.63) is 0 Å². The van der Waals surface area contributed by atoms with E-state index in [-0.39, 0.29) is 23.8 Å². The van der Waals surface area contributed by atoms with Crippen LogP contribution in [0, 0.1) is 5.92 Å². The van der Waals surface area contributed by atoms with E-state index in [4.69, 9.17) is 9.47 Å². The maximum atomic E-state index is 12.2. The van der Waals surface area contributed by atoms with Gasteiger partial charge >= 0.3 is 0 Å². The third kappa shape index (κ3) is 4.51. The lowest BCUT2D eigenvalue weighted by Crippen LogP contribution is -2.59. The number of nitrogens with one attached hydrogen (secondary N) is 1. The number of rotatable bonds is 9. The van der Waals surface area contributed by atoms with Crippen LogP contribution < -0.4 is 5.32 Å². The topological polar surface area (TPSA) is 67.9 Å². The van der Waals surface area contributed by atoms with Crippen LogP contribution in [0.15, 0.2) is 0 Å². The Morgan fingerprint density at radius 1 is 1.36 bits per heavy atom. The Morgan fingerprint density at radius 2 is 2.14 bits per heavy atom. The summed E-state index contributed by atoms with van der Waals surface area (Å²) in [5.74, 6) is -0.205. The van der Waals surface area contributed by atoms with Crippen LogP contribution in [-0.4, -0.2) is 68.2 Å². The Labute approximate surface area is 132 Å². The Morgan fingerprint density at radius 3 is 2.73 bits per heavy atom. The molecule has 1 N–H and O–H groups in total. The van der Waals surface area contributed by atoms with E-state index in [1.165, 1.54) is 0 Å². The fourth-order valence-corrected chi connectivity index (χ4v) is 2.86. The summed E-state index contributed by atoms with van der Waals surface area (Å²) in [4.78, 5) is 26.0. The second-order valence-electron chi connectivity index (χ2n) is 6.16. The SMILES string of the molecule is CCCC(NCC)C(=O)C(=O)N1CC(OCC2CCOC2)C1. The van der Waals surface area contributed by atoms with Crippen LogP contribution in [0.3, 0.4) is 0 Å². The summed E-state index contributed by atoms with van der Waals surface area (Å²) >= 11 is 0. The summed E-state index contributed by atoms with van der Waals surface area (Å²) in [6.45, 7) is 8.00. The first-order valence-corrected chi connectivity index (χ1v) is 8.41. The standard InChI is InChI=1S/C16H28N2O4/c1-3-5-14(17-4-2)15(19)16(20)18-8-13(9-18)22-11-12-6-7-21-10-12/h12-14,17H,3-11H2,1-2H3. The fraction of sp³-hybridized carbons (Fsp3) is 0.875. The molecule has 2 atom stereocenters. The number of hydrogen-bond donors (Lipinski definition) is 1. The minimum Gasteiger partial charge on any atom is -0.381 e. The van der Waals surface area contributed by atoms with E-state index in [2.05, 4.69) is 5.32 Å². The highest BCUT2D eigenvalue weighted by molar-refractivity contribution is 6.38. The highest BCUT2D eigenvalue weighted by atomic mass is 16.5. The predicted octanol–water partition coefficient (Wildman–Crippen LogP) is 0.598. The summed E-state index contributed by atoms with van der Waals surface area (Å²) in [7, 11) is 0. The Bertz CT molecular complexity index is 370. The van der Waals surface area contributed by atoms with Gasteiger partial charge in [-0.15, -0.1) is 0 Å². The first-order chi connectivity index (χ1) is 10.7. The van der Waals surface area contributed by atoms with Crippen molar-refractivity contribution in [3.63, 3.8) is 0 Å². The van der Waals surface area contributed by atoms with Crippen molar-refractivity contribution < 1.29 is 19.1 Å². The maximum Gasteiger partial charge on any atom is 0.291 e. The van der Waals surface area contributed by atoms with Gasteiger partial charge in [-0.25, -0.2) is 0 Å². The fourth-order valence-electron chi connectivity index (χ4n) is 2.86. The number of hydrogen-bond acceptors (Lipinski definition) is 5. The molecule has 0 aromatic rings. The van der Waals surface area contributed by atoms with Gasteiger partial charge in [0.05, 0.1) is 25.4 Å². The van der Waals surface area contributed by atoms with Crippen molar-refractivity contribution in [1.29, 1.82) is 0 Å². The Balaban J connectivity index is 1.69. The average Bonchev–Trinajstić information content (AvgIpc) is 2.97. The smallest absolute Gasteiger partial charge is 0.291 e. The van der Waals surface area contributed by atoms with Crippen molar-refractivity contribution in [2.45, 2.75) is 45.3 Å². The molecule has 0 aromatic carbocycles. The van der Waals surface area contributed by atoms with Gasteiger partial charge in [-0.3, -0.25) is 9.59 Å². The van der Waals surface area contributed by atoms with Gasteiger partial charge in [0.1, 0.15) is 0 Å². The zero-order chi connectivity index (χ0) is 15.9. The van der Waals surface area contributed by atoms with Gasteiger partial charge in [0.2, 0.25) is 5.78 Å². The molecule has 2 aliphatic heterocycles. The molecule has 0 aromatic heterocycles. The lowest BCUT2D eigenvalue weighted by molar-refractivity contribution is -0.155. The van der Waals surface area contributed by atoms with Crippen LogP contribution in [0.25, 0.3) is 0 Å². The average molecular weight is 312 g/mol. The predicted molar refractivity (Wildman–Crippen MR) is 82.6 cm³/mol. The molecule has 2 saturated heterocycles. The molecule has 6 heteroatoms. The largest absolute Gasteiger partial charge is 0.381 e. The molecule has 0 spiro atoms. The van der Waals surface area contributed by atoms with Gasteiger partial charge in [0.25, 0.3) is 5.91 Å². The van der Waals surface area contributed by atoms with E-state index in [9.17, 15) is 9.59 Å². The lowest BCUT2D eigenvalue weighted by atomic mass is 10.0. The summed E-state index contributed by atoms with van der Waals surface area (Å²) in [5, 5.41) is 3.10. The molecule has 2 rings (SSSR count). The van der Waals surface area contributed by atoms with Gasteiger partial charge in [0, 0.05) is 25.6 Å². The maximum absolute atomic E-state index is 12.2. The molecule has 2 aliphatic rings. The number of ether oxygens (including phenoxy) is 2.